The molecule has 2 aromatic heterocycles. The highest BCUT2D eigenvalue weighted by atomic mass is 35.5. The van der Waals surface area contributed by atoms with E-state index in [0.29, 0.717) is 35.6 Å². The molecule has 1 aromatic carbocycles. The van der Waals surface area contributed by atoms with Gasteiger partial charge in [-0.05, 0) is 24.8 Å². The van der Waals surface area contributed by atoms with Crippen molar-refractivity contribution in [2.75, 3.05) is 18.9 Å². The van der Waals surface area contributed by atoms with Crippen molar-refractivity contribution in [3.63, 3.8) is 0 Å². The average molecular weight is 512 g/mol. The predicted molar refractivity (Wildman–Crippen MR) is 125 cm³/mol. The monoisotopic (exact) mass is 511 g/mol. The number of nitrogens with zero attached hydrogens (tertiary/aromatic N) is 4. The number of hydrogen-bond acceptors (Lipinski definition) is 10. The molecule has 2 aliphatic heterocycles. The number of ether oxygens (including phenoxy) is 1. The molecule has 0 spiro atoms. The molecule has 2 unspecified atom stereocenters. The molecule has 33 heavy (non-hydrogen) atoms. The molecular weight excluding hydrogens is 489 g/mol. The van der Waals surface area contributed by atoms with Crippen molar-refractivity contribution in [2.24, 2.45) is 0 Å². The summed E-state index contributed by atoms with van der Waals surface area (Å²) in [5.41, 5.74) is 8.74. The van der Waals surface area contributed by atoms with Gasteiger partial charge in [0.05, 0.1) is 31.7 Å². The zero-order valence-corrected chi connectivity index (χ0v) is 20.2. The highest BCUT2D eigenvalue weighted by molar-refractivity contribution is 8.07. The van der Waals surface area contributed by atoms with Gasteiger partial charge in [-0.1, -0.05) is 29.3 Å². The maximum atomic E-state index is 10.6. The van der Waals surface area contributed by atoms with E-state index in [0.717, 1.165) is 11.1 Å². The highest BCUT2D eigenvalue weighted by Crippen LogP contribution is 2.58. The van der Waals surface area contributed by atoms with Gasteiger partial charge in [-0.3, -0.25) is 4.57 Å². The van der Waals surface area contributed by atoms with Crippen LogP contribution in [0.15, 0.2) is 30.9 Å². The van der Waals surface area contributed by atoms with Gasteiger partial charge in [0.1, 0.15) is 17.9 Å². The summed E-state index contributed by atoms with van der Waals surface area (Å²) < 4.78 is 25.4. The van der Waals surface area contributed by atoms with E-state index >= 15 is 0 Å². The molecule has 0 aliphatic carbocycles. The van der Waals surface area contributed by atoms with Crippen LogP contribution in [0, 0.1) is 6.92 Å². The second-order valence-electron chi connectivity index (χ2n) is 8.02. The number of halogens is 1. The molecule has 0 amide bonds. The Morgan fingerprint density at radius 1 is 1.36 bits per heavy atom. The summed E-state index contributed by atoms with van der Waals surface area (Å²) in [6.45, 7) is -0.494. The van der Waals surface area contributed by atoms with Crippen molar-refractivity contribution in [1.29, 1.82) is 0 Å². The predicted octanol–water partition coefficient (Wildman–Crippen LogP) is 3.44. The standard InChI is InChI=1S/C20H23ClN5O5PS/c1-11-2-3-14(21)13(6-11)16-4-5-28-32(33,31-16)29-8-12-7-15(27)20(30-12)26-10-25-17-18(22)23-9-24-19(17)26/h2-3,6,9-10,12,15-16,20,27H,4-5,7-8H2,1H3,(H2,22,23,24)/t12-,15?,16-,20+,32?/m0/s1. The van der Waals surface area contributed by atoms with E-state index in [1.807, 2.05) is 25.1 Å². The van der Waals surface area contributed by atoms with E-state index in [9.17, 15) is 5.11 Å². The number of anilines is 1. The van der Waals surface area contributed by atoms with Gasteiger partial charge >= 0.3 is 6.72 Å². The Balaban J connectivity index is 1.25. The Hall–Kier alpha value is -1.69. The second kappa shape index (κ2) is 9.16. The van der Waals surface area contributed by atoms with Crippen molar-refractivity contribution < 1.29 is 23.4 Å². The summed E-state index contributed by atoms with van der Waals surface area (Å²) in [5, 5.41) is 11.2. The highest BCUT2D eigenvalue weighted by Gasteiger charge is 2.39. The van der Waals surface area contributed by atoms with E-state index in [4.69, 9.17) is 47.4 Å². The van der Waals surface area contributed by atoms with Crippen LogP contribution in [0.3, 0.4) is 0 Å². The minimum atomic E-state index is -3.01. The maximum absolute atomic E-state index is 10.6. The van der Waals surface area contributed by atoms with Crippen LogP contribution < -0.4 is 5.73 Å². The molecule has 3 N–H and O–H groups in total. The molecule has 0 bridgehead atoms. The average Bonchev–Trinajstić information content (AvgIpc) is 3.38. The lowest BCUT2D eigenvalue weighted by molar-refractivity contribution is -0.0505. The van der Waals surface area contributed by atoms with Crippen LogP contribution in [0.5, 0.6) is 0 Å². The first-order chi connectivity index (χ1) is 15.8. The second-order valence-corrected chi connectivity index (χ2v) is 11.4. The third kappa shape index (κ3) is 4.65. The fourth-order valence-electron chi connectivity index (χ4n) is 4.02. The maximum Gasteiger partial charge on any atom is 0.327 e. The number of hydrogen-bond donors (Lipinski definition) is 2. The lowest BCUT2D eigenvalue weighted by Crippen LogP contribution is -2.20. The van der Waals surface area contributed by atoms with Crippen LogP contribution >= 0.6 is 18.3 Å². The minimum absolute atomic E-state index is 0.114. The Kier molecular flexibility index (Phi) is 6.41. The summed E-state index contributed by atoms with van der Waals surface area (Å²) in [5.74, 6) is 0.263. The summed E-state index contributed by atoms with van der Waals surface area (Å²) in [6, 6.07) is 5.78. The number of aryl methyl sites for hydroxylation is 1. The first kappa shape index (κ1) is 23.1. The van der Waals surface area contributed by atoms with Crippen LogP contribution in [0.25, 0.3) is 11.2 Å². The third-order valence-electron chi connectivity index (χ3n) is 5.63. The number of aliphatic hydroxyl groups excluding tert-OH is 1. The van der Waals surface area contributed by atoms with Crippen LogP contribution in [-0.4, -0.2) is 50.0 Å². The number of nitrogens with two attached hydrogens (primary N) is 1. The number of nitrogen functional groups attached to an aromatic ring is 1. The normalized spacial score (nSPS) is 30.2. The van der Waals surface area contributed by atoms with Gasteiger partial charge in [0.2, 0.25) is 0 Å². The summed E-state index contributed by atoms with van der Waals surface area (Å²) in [6.07, 6.45) is 1.63. The largest absolute Gasteiger partial charge is 0.388 e. The Labute approximate surface area is 200 Å². The van der Waals surface area contributed by atoms with Gasteiger partial charge in [0, 0.05) is 23.4 Å². The van der Waals surface area contributed by atoms with E-state index < -0.39 is 25.2 Å². The lowest BCUT2D eigenvalue weighted by atomic mass is 10.0. The number of rotatable bonds is 5. The summed E-state index contributed by atoms with van der Waals surface area (Å²) in [7, 11) is 0. The first-order valence-electron chi connectivity index (χ1n) is 10.4. The molecule has 2 saturated heterocycles. The zero-order valence-electron chi connectivity index (χ0n) is 17.7. The van der Waals surface area contributed by atoms with Crippen molar-refractivity contribution in [2.45, 2.75) is 44.3 Å². The van der Waals surface area contributed by atoms with Gasteiger partial charge < -0.3 is 29.1 Å². The molecule has 0 radical (unpaired) electrons. The van der Waals surface area contributed by atoms with Crippen molar-refractivity contribution >= 4 is 47.1 Å². The molecule has 13 heteroatoms. The summed E-state index contributed by atoms with van der Waals surface area (Å²) in [4.78, 5) is 12.4. The quantitative estimate of drug-likeness (QED) is 0.492. The third-order valence-corrected chi connectivity index (χ3v) is 8.34. The van der Waals surface area contributed by atoms with Crippen LogP contribution in [0.2, 0.25) is 5.02 Å². The summed E-state index contributed by atoms with van der Waals surface area (Å²) >= 11 is 12.0. The first-order valence-corrected chi connectivity index (χ1v) is 13.4. The fraction of sp³-hybridized carbons (Fsp3) is 0.450. The van der Waals surface area contributed by atoms with Gasteiger partial charge in [-0.25, -0.2) is 15.0 Å². The Morgan fingerprint density at radius 2 is 2.21 bits per heavy atom. The smallest absolute Gasteiger partial charge is 0.327 e. The minimum Gasteiger partial charge on any atom is -0.388 e. The molecule has 2 fully saturated rings. The van der Waals surface area contributed by atoms with E-state index in [-0.39, 0.29) is 18.5 Å². The number of aliphatic hydroxyl groups is 1. The molecule has 2 aliphatic rings. The Bertz CT molecular complexity index is 1230. The number of fused-ring (bicyclic) bond motifs is 1. The van der Waals surface area contributed by atoms with Crippen LogP contribution in [0.4, 0.5) is 5.82 Å². The zero-order chi connectivity index (χ0) is 23.2. The van der Waals surface area contributed by atoms with E-state index in [1.54, 1.807) is 4.57 Å². The van der Waals surface area contributed by atoms with E-state index in [2.05, 4.69) is 15.0 Å². The molecule has 5 atom stereocenters. The van der Waals surface area contributed by atoms with Gasteiger partial charge in [-0.15, -0.1) is 0 Å². The molecular formula is C20H23ClN5O5PS. The molecule has 5 rings (SSSR count). The topological polar surface area (TPSA) is 127 Å². The Morgan fingerprint density at radius 3 is 3.06 bits per heavy atom. The van der Waals surface area contributed by atoms with E-state index in [1.165, 1.54) is 12.7 Å². The van der Waals surface area contributed by atoms with Gasteiger partial charge in [0.15, 0.2) is 17.7 Å². The van der Waals surface area contributed by atoms with Crippen molar-refractivity contribution in [3.05, 3.63) is 47.0 Å². The molecule has 10 nitrogen and oxygen atoms in total. The number of aromatic nitrogens is 4. The van der Waals surface area contributed by atoms with Gasteiger partial charge in [-0.2, -0.15) is 0 Å². The number of imidazole rings is 1. The van der Waals surface area contributed by atoms with Crippen molar-refractivity contribution in [1.82, 2.24) is 19.5 Å². The number of benzene rings is 1. The van der Waals surface area contributed by atoms with Crippen molar-refractivity contribution in [3.8, 4) is 0 Å². The lowest BCUT2D eigenvalue weighted by Gasteiger charge is -2.33. The SMILES string of the molecule is Cc1ccc(Cl)c([C@@H]2CCOP(=S)(OC[C@@H]3CC(O)[C@H](n4cnc5c(N)ncnc54)O3)O2)c1. The van der Waals surface area contributed by atoms with Crippen LogP contribution in [0.1, 0.15) is 36.3 Å². The van der Waals surface area contributed by atoms with Gasteiger partial charge in [0.25, 0.3) is 0 Å². The fourth-order valence-corrected chi connectivity index (χ4v) is 6.38. The van der Waals surface area contributed by atoms with Crippen LogP contribution in [-0.2, 0) is 30.1 Å². The molecule has 176 valence electrons. The molecule has 0 saturated carbocycles. The molecule has 4 heterocycles. The molecule has 3 aromatic rings.